The van der Waals surface area contributed by atoms with E-state index in [4.69, 9.17) is 14.2 Å². The lowest BCUT2D eigenvalue weighted by Gasteiger charge is -2.40. The van der Waals surface area contributed by atoms with Gasteiger partial charge >= 0.3 is 5.97 Å². The lowest BCUT2D eigenvalue weighted by Crippen LogP contribution is -2.60. The second-order valence-electron chi connectivity index (χ2n) is 27.0. The molecule has 0 bridgehead atoms. The number of rotatable bonds is 69. The lowest BCUT2D eigenvalue weighted by molar-refractivity contribution is -0.302. The highest BCUT2D eigenvalue weighted by Crippen LogP contribution is 2.23. The van der Waals surface area contributed by atoms with Crippen molar-refractivity contribution in [2.45, 2.75) is 416 Å². The summed E-state index contributed by atoms with van der Waals surface area (Å²) in [4.78, 5) is 25.1. The minimum absolute atomic E-state index is 0.00328. The van der Waals surface area contributed by atoms with Crippen molar-refractivity contribution in [3.63, 3.8) is 0 Å². The highest BCUT2D eigenvalue weighted by Gasteiger charge is 2.44. The minimum Gasteiger partial charge on any atom is -0.466 e. The zero-order valence-corrected chi connectivity index (χ0v) is 59.3. The van der Waals surface area contributed by atoms with Crippen LogP contribution in [0, 0.1) is 0 Å². The number of hydrogen-bond acceptors (Lipinski definition) is 10. The number of allylic oxidation sites excluding steroid dienone is 9. The van der Waals surface area contributed by atoms with Gasteiger partial charge in [0.2, 0.25) is 5.91 Å². The zero-order valence-electron chi connectivity index (χ0n) is 59.3. The third-order valence-electron chi connectivity index (χ3n) is 18.3. The summed E-state index contributed by atoms with van der Waals surface area (Å²) in [6.07, 6.45) is 82.5. The van der Waals surface area contributed by atoms with E-state index in [2.05, 4.69) is 67.8 Å². The first-order valence-corrected chi connectivity index (χ1v) is 39.1. The average Bonchev–Trinajstić information content (AvgIpc) is 1.18. The van der Waals surface area contributed by atoms with Crippen LogP contribution in [-0.4, -0.2) is 100 Å². The summed E-state index contributed by atoms with van der Waals surface area (Å²) in [5.41, 5.74) is 0. The predicted molar refractivity (Wildman–Crippen MR) is 384 cm³/mol. The molecule has 11 nitrogen and oxygen atoms in total. The number of carbonyl (C=O) groups excluding carboxylic acids is 2. The van der Waals surface area contributed by atoms with E-state index in [-0.39, 0.29) is 18.5 Å². The van der Waals surface area contributed by atoms with Gasteiger partial charge in [-0.1, -0.05) is 325 Å². The van der Waals surface area contributed by atoms with Gasteiger partial charge < -0.3 is 45.1 Å². The molecule has 1 saturated heterocycles. The normalized spacial score (nSPS) is 17.9. The molecule has 7 atom stereocenters. The Kier molecular flexibility index (Phi) is 65.2. The van der Waals surface area contributed by atoms with Gasteiger partial charge in [-0.2, -0.15) is 0 Å². The van der Waals surface area contributed by atoms with Crippen molar-refractivity contribution in [3.8, 4) is 0 Å². The van der Waals surface area contributed by atoms with E-state index >= 15 is 0 Å². The number of hydrogen-bond donors (Lipinski definition) is 6. The number of ether oxygens (including phenoxy) is 3. The van der Waals surface area contributed by atoms with E-state index in [1.54, 1.807) is 6.08 Å². The van der Waals surface area contributed by atoms with Crippen molar-refractivity contribution in [3.05, 3.63) is 60.8 Å². The molecule has 0 aliphatic carbocycles. The molecule has 1 aliphatic heterocycles. The molecule has 1 fully saturated rings. The van der Waals surface area contributed by atoms with E-state index in [1.807, 2.05) is 6.08 Å². The lowest BCUT2D eigenvalue weighted by atomic mass is 9.99. The molecule has 0 aromatic heterocycles. The van der Waals surface area contributed by atoms with Crippen LogP contribution in [0.5, 0.6) is 0 Å². The van der Waals surface area contributed by atoms with Crippen LogP contribution in [0.25, 0.3) is 0 Å². The van der Waals surface area contributed by atoms with Crippen molar-refractivity contribution >= 4 is 11.9 Å². The second-order valence-corrected chi connectivity index (χ2v) is 27.0. The van der Waals surface area contributed by atoms with Gasteiger partial charge in [0.15, 0.2) is 6.29 Å². The Bertz CT molecular complexity index is 1700. The largest absolute Gasteiger partial charge is 0.466 e. The summed E-state index contributed by atoms with van der Waals surface area (Å²) in [6, 6.07) is -0.826. The molecule has 1 amide bonds. The molecule has 7 unspecified atom stereocenters. The summed E-state index contributed by atoms with van der Waals surface area (Å²) in [5.74, 6) is -0.184. The molecular formula is C80H147NO10. The van der Waals surface area contributed by atoms with Crippen LogP contribution >= 0.6 is 0 Å². The van der Waals surface area contributed by atoms with Crippen molar-refractivity contribution in [1.29, 1.82) is 0 Å². The molecule has 1 heterocycles. The molecule has 532 valence electrons. The molecule has 0 aromatic carbocycles. The van der Waals surface area contributed by atoms with Crippen molar-refractivity contribution in [1.82, 2.24) is 5.32 Å². The van der Waals surface area contributed by atoms with Gasteiger partial charge in [-0.25, -0.2) is 0 Å². The maximum absolute atomic E-state index is 13.1. The van der Waals surface area contributed by atoms with Gasteiger partial charge in [-0.15, -0.1) is 0 Å². The number of unbranched alkanes of at least 4 members (excludes halogenated alkanes) is 47. The SMILES string of the molecule is CCCC/C=C\CCCCCCCC(=O)OCCCCCCCCCCCCCCCCC/C=C\C/C=C\CCCCCCCCCCCCCCCCCCCC(=O)NC(COC1OC(CO)C(O)C(O)C1O)C(O)/C=C/CC/C=C/CCCCCCCCC. The van der Waals surface area contributed by atoms with Crippen LogP contribution < -0.4 is 5.32 Å². The van der Waals surface area contributed by atoms with E-state index in [0.29, 0.717) is 19.4 Å². The Morgan fingerprint density at radius 3 is 1.19 bits per heavy atom. The Morgan fingerprint density at radius 2 is 0.758 bits per heavy atom. The first kappa shape index (κ1) is 86.4. The molecule has 0 aromatic rings. The van der Waals surface area contributed by atoms with Gasteiger partial charge in [-0.3, -0.25) is 9.59 Å². The number of aliphatic hydroxyl groups excluding tert-OH is 5. The Balaban J connectivity index is 1.92. The summed E-state index contributed by atoms with van der Waals surface area (Å²) in [7, 11) is 0. The molecule has 1 aliphatic rings. The van der Waals surface area contributed by atoms with Gasteiger partial charge in [-0.05, 0) is 96.3 Å². The average molecular weight is 1280 g/mol. The van der Waals surface area contributed by atoms with Crippen molar-refractivity contribution < 1.29 is 49.3 Å². The third-order valence-corrected chi connectivity index (χ3v) is 18.3. The molecule has 11 heteroatoms. The fraction of sp³-hybridized carbons (Fsp3) is 0.850. The molecule has 1 rings (SSSR count). The van der Waals surface area contributed by atoms with Gasteiger partial charge in [0.05, 0.1) is 32.0 Å². The van der Waals surface area contributed by atoms with Crippen LogP contribution in [0.4, 0.5) is 0 Å². The van der Waals surface area contributed by atoms with Gasteiger partial charge in [0, 0.05) is 12.8 Å². The number of amides is 1. The van der Waals surface area contributed by atoms with Crippen LogP contribution in [0.15, 0.2) is 60.8 Å². The Hall–Kier alpha value is -2.64. The number of nitrogens with one attached hydrogen (secondary N) is 1. The van der Waals surface area contributed by atoms with Gasteiger partial charge in [0.1, 0.15) is 24.4 Å². The summed E-state index contributed by atoms with van der Waals surface area (Å²) >= 11 is 0. The van der Waals surface area contributed by atoms with Crippen LogP contribution in [0.1, 0.15) is 373 Å². The molecular weight excluding hydrogens is 1130 g/mol. The zero-order chi connectivity index (χ0) is 65.8. The highest BCUT2D eigenvalue weighted by molar-refractivity contribution is 5.76. The Labute approximate surface area is 560 Å². The number of carbonyl (C=O) groups is 2. The first-order chi connectivity index (χ1) is 44.7. The first-order valence-electron chi connectivity index (χ1n) is 39.1. The molecule has 91 heavy (non-hydrogen) atoms. The van der Waals surface area contributed by atoms with Crippen LogP contribution in [-0.2, 0) is 23.8 Å². The Morgan fingerprint density at radius 1 is 0.407 bits per heavy atom. The quantitative estimate of drug-likeness (QED) is 0.0195. The van der Waals surface area contributed by atoms with Crippen molar-refractivity contribution in [2.75, 3.05) is 19.8 Å². The monoisotopic (exact) mass is 1280 g/mol. The summed E-state index contributed by atoms with van der Waals surface area (Å²) < 4.78 is 16.7. The van der Waals surface area contributed by atoms with E-state index in [9.17, 15) is 35.1 Å². The van der Waals surface area contributed by atoms with E-state index in [0.717, 1.165) is 64.2 Å². The molecule has 0 saturated carbocycles. The van der Waals surface area contributed by atoms with Gasteiger partial charge in [0.25, 0.3) is 0 Å². The number of aliphatic hydroxyl groups is 5. The number of esters is 1. The summed E-state index contributed by atoms with van der Waals surface area (Å²) in [5, 5.41) is 54.5. The predicted octanol–water partition coefficient (Wildman–Crippen LogP) is 20.9. The maximum Gasteiger partial charge on any atom is 0.305 e. The van der Waals surface area contributed by atoms with Crippen molar-refractivity contribution in [2.24, 2.45) is 0 Å². The molecule has 0 radical (unpaired) electrons. The minimum atomic E-state index is -1.58. The maximum atomic E-state index is 13.1. The molecule has 0 spiro atoms. The molecule has 6 N–H and O–H groups in total. The van der Waals surface area contributed by atoms with Crippen LogP contribution in [0.2, 0.25) is 0 Å². The fourth-order valence-corrected chi connectivity index (χ4v) is 12.2. The van der Waals surface area contributed by atoms with E-state index in [1.165, 1.54) is 283 Å². The fourth-order valence-electron chi connectivity index (χ4n) is 12.2. The standard InChI is InChI=1S/C80H147NO10/c1-3-5-7-9-11-13-15-43-47-50-54-58-62-66-73(83)72(71-90-80-79(88)78(87)77(86)74(70-82)91-80)81-75(84)67-63-59-55-51-48-44-41-39-37-35-33-31-29-27-25-23-21-19-17-16-18-20-22-24-26-28-30-32-34-36-38-40-42-45-49-53-57-61-65-69-89-76(85)68-64-60-56-52-46-14-12-10-8-6-4-2/h10,12,16-17,20,22,47,50,62,66,72-74,77-80,82-83,86-88H,3-9,11,13-15,18-19,21,23-46,48-49,51-61,63-65,67-71H2,1-2H3,(H,81,84)/b12-10-,17-16-,22-20-,50-47+,66-62+. The van der Waals surface area contributed by atoms with Crippen LogP contribution in [0.3, 0.4) is 0 Å². The smallest absolute Gasteiger partial charge is 0.305 e. The topological polar surface area (TPSA) is 175 Å². The second kappa shape index (κ2) is 68.7. The summed E-state index contributed by atoms with van der Waals surface area (Å²) in [6.45, 7) is 4.32. The van der Waals surface area contributed by atoms with E-state index < -0.39 is 49.5 Å². The third kappa shape index (κ3) is 57.3. The highest BCUT2D eigenvalue weighted by atomic mass is 16.7.